The summed E-state index contributed by atoms with van der Waals surface area (Å²) in [5, 5.41) is 5.77. The average molecular weight is 341 g/mol. The van der Waals surface area contributed by atoms with E-state index >= 15 is 0 Å². The van der Waals surface area contributed by atoms with Crippen LogP contribution in [0.25, 0.3) is 0 Å². The van der Waals surface area contributed by atoms with Crippen LogP contribution in [0.3, 0.4) is 0 Å². The van der Waals surface area contributed by atoms with Gasteiger partial charge in [-0.05, 0) is 29.7 Å². The third kappa shape index (κ3) is 6.85. The number of hydrogen-bond donors (Lipinski definition) is 2. The molecule has 0 unspecified atom stereocenters. The Bertz CT molecular complexity index is 629. The number of urea groups is 1. The van der Waals surface area contributed by atoms with E-state index in [1.54, 1.807) is 7.11 Å². The van der Waals surface area contributed by atoms with Crippen molar-refractivity contribution in [2.24, 2.45) is 0 Å². The van der Waals surface area contributed by atoms with Crippen molar-refractivity contribution in [2.75, 3.05) is 32.1 Å². The monoisotopic (exact) mass is 341 g/mol. The van der Waals surface area contributed by atoms with Gasteiger partial charge in [-0.1, -0.05) is 42.5 Å². The summed E-state index contributed by atoms with van der Waals surface area (Å²) in [6, 6.07) is 18.1. The maximum atomic E-state index is 11.8. The fraction of sp³-hybridized carbons (Fsp3) is 0.350. The first-order chi connectivity index (χ1) is 12.2. The third-order valence-electron chi connectivity index (χ3n) is 3.94. The van der Waals surface area contributed by atoms with Crippen LogP contribution < -0.4 is 15.5 Å². The average Bonchev–Trinajstić information content (AvgIpc) is 2.65. The van der Waals surface area contributed by atoms with Gasteiger partial charge in [0.15, 0.2) is 0 Å². The topological polar surface area (TPSA) is 53.6 Å². The number of para-hydroxylation sites is 1. The van der Waals surface area contributed by atoms with Crippen LogP contribution in [0.2, 0.25) is 0 Å². The zero-order valence-corrected chi connectivity index (χ0v) is 15.0. The number of rotatable bonds is 9. The first-order valence-corrected chi connectivity index (χ1v) is 8.53. The Balaban J connectivity index is 1.60. The van der Waals surface area contributed by atoms with E-state index in [1.165, 1.54) is 5.69 Å². The lowest BCUT2D eigenvalue weighted by molar-refractivity contribution is 0.185. The molecule has 0 saturated heterocycles. The lowest BCUT2D eigenvalue weighted by Crippen LogP contribution is -2.36. The summed E-state index contributed by atoms with van der Waals surface area (Å²) in [4.78, 5) is 14.0. The molecule has 2 aromatic rings. The minimum absolute atomic E-state index is 0.136. The lowest BCUT2D eigenvalue weighted by atomic mass is 10.1. The van der Waals surface area contributed by atoms with Gasteiger partial charge in [-0.15, -0.1) is 0 Å². The number of ether oxygens (including phenoxy) is 1. The van der Waals surface area contributed by atoms with E-state index in [0.29, 0.717) is 19.7 Å². The van der Waals surface area contributed by atoms with Crippen molar-refractivity contribution >= 4 is 11.7 Å². The molecule has 2 aromatic carbocycles. The number of amides is 2. The second-order valence-corrected chi connectivity index (χ2v) is 5.97. The van der Waals surface area contributed by atoms with Crippen LogP contribution in [0.15, 0.2) is 54.6 Å². The van der Waals surface area contributed by atoms with Crippen LogP contribution in [0.1, 0.15) is 17.5 Å². The number of nitrogens with zero attached hydrogens (tertiary/aromatic N) is 1. The summed E-state index contributed by atoms with van der Waals surface area (Å²) in [5.74, 6) is 0. The summed E-state index contributed by atoms with van der Waals surface area (Å²) in [6.45, 7) is 2.66. The quantitative estimate of drug-likeness (QED) is 0.689. The molecule has 2 amide bonds. The van der Waals surface area contributed by atoms with E-state index in [9.17, 15) is 4.79 Å². The second kappa shape index (κ2) is 10.4. The van der Waals surface area contributed by atoms with E-state index in [1.807, 2.05) is 42.5 Å². The highest BCUT2D eigenvalue weighted by Gasteiger charge is 2.02. The van der Waals surface area contributed by atoms with Gasteiger partial charge in [-0.3, -0.25) is 0 Å². The van der Waals surface area contributed by atoms with Crippen LogP contribution >= 0.6 is 0 Å². The first-order valence-electron chi connectivity index (χ1n) is 8.53. The van der Waals surface area contributed by atoms with Crippen molar-refractivity contribution in [1.29, 1.82) is 0 Å². The molecule has 134 valence electrons. The van der Waals surface area contributed by atoms with E-state index in [2.05, 4.69) is 34.7 Å². The summed E-state index contributed by atoms with van der Waals surface area (Å²) < 4.78 is 5.08. The summed E-state index contributed by atoms with van der Waals surface area (Å²) in [7, 11) is 3.74. The van der Waals surface area contributed by atoms with Crippen LogP contribution in [0.5, 0.6) is 0 Å². The molecule has 0 saturated carbocycles. The second-order valence-electron chi connectivity index (χ2n) is 5.97. The van der Waals surface area contributed by atoms with E-state index in [0.717, 1.165) is 24.1 Å². The number of methoxy groups -OCH3 is 1. The lowest BCUT2D eigenvalue weighted by Gasteiger charge is -2.19. The molecule has 0 aliphatic heterocycles. The normalized spacial score (nSPS) is 10.3. The predicted octanol–water partition coefficient (Wildman–Crippen LogP) is 3.16. The fourth-order valence-electron chi connectivity index (χ4n) is 2.49. The molecule has 0 spiro atoms. The zero-order chi connectivity index (χ0) is 17.9. The van der Waals surface area contributed by atoms with Gasteiger partial charge in [0.25, 0.3) is 0 Å². The molecule has 0 aliphatic carbocycles. The fourth-order valence-corrected chi connectivity index (χ4v) is 2.49. The molecule has 0 heterocycles. The third-order valence-corrected chi connectivity index (χ3v) is 3.94. The molecule has 0 bridgehead atoms. The van der Waals surface area contributed by atoms with Gasteiger partial charge >= 0.3 is 6.03 Å². The van der Waals surface area contributed by atoms with Gasteiger partial charge in [0.05, 0.1) is 6.61 Å². The first kappa shape index (κ1) is 18.8. The van der Waals surface area contributed by atoms with Gasteiger partial charge in [0, 0.05) is 39.5 Å². The van der Waals surface area contributed by atoms with Crippen molar-refractivity contribution < 1.29 is 9.53 Å². The van der Waals surface area contributed by atoms with E-state index in [-0.39, 0.29) is 6.03 Å². The number of benzene rings is 2. The number of nitrogens with one attached hydrogen (secondary N) is 2. The predicted molar refractivity (Wildman–Crippen MR) is 102 cm³/mol. The zero-order valence-electron chi connectivity index (χ0n) is 15.0. The van der Waals surface area contributed by atoms with Gasteiger partial charge in [-0.2, -0.15) is 0 Å². The molecular weight excluding hydrogens is 314 g/mol. The molecule has 0 aliphatic rings. The van der Waals surface area contributed by atoms with Crippen LogP contribution in [0.4, 0.5) is 10.5 Å². The Morgan fingerprint density at radius 1 is 1.00 bits per heavy atom. The Labute approximate surface area is 150 Å². The largest absolute Gasteiger partial charge is 0.380 e. The Hall–Kier alpha value is -2.53. The number of anilines is 1. The molecule has 0 aromatic heterocycles. The van der Waals surface area contributed by atoms with Crippen molar-refractivity contribution in [1.82, 2.24) is 10.6 Å². The van der Waals surface area contributed by atoms with Gasteiger partial charge < -0.3 is 20.3 Å². The van der Waals surface area contributed by atoms with Gasteiger partial charge in [0.1, 0.15) is 0 Å². The maximum Gasteiger partial charge on any atom is 0.315 e. The molecule has 0 fully saturated rings. The van der Waals surface area contributed by atoms with Crippen LogP contribution in [0, 0.1) is 0 Å². The number of hydrogen-bond acceptors (Lipinski definition) is 3. The summed E-state index contributed by atoms with van der Waals surface area (Å²) in [5.41, 5.74) is 3.38. The van der Waals surface area contributed by atoms with E-state index in [4.69, 9.17) is 4.74 Å². The molecule has 0 atom stereocenters. The molecule has 2 N–H and O–H groups in total. The van der Waals surface area contributed by atoms with Crippen LogP contribution in [-0.4, -0.2) is 33.3 Å². The Morgan fingerprint density at radius 2 is 1.68 bits per heavy atom. The van der Waals surface area contributed by atoms with Crippen molar-refractivity contribution in [3.63, 3.8) is 0 Å². The minimum atomic E-state index is -0.136. The van der Waals surface area contributed by atoms with E-state index < -0.39 is 0 Å². The molecule has 25 heavy (non-hydrogen) atoms. The molecule has 5 nitrogen and oxygen atoms in total. The molecule has 0 radical (unpaired) electrons. The van der Waals surface area contributed by atoms with Crippen LogP contribution in [-0.2, 0) is 17.9 Å². The maximum absolute atomic E-state index is 11.8. The number of carbonyl (C=O) groups is 1. The summed E-state index contributed by atoms with van der Waals surface area (Å²) in [6.07, 6.45) is 0.893. The Morgan fingerprint density at radius 3 is 2.36 bits per heavy atom. The molecule has 2 rings (SSSR count). The number of carbonyl (C=O) groups excluding carboxylic acids is 1. The highest BCUT2D eigenvalue weighted by Crippen LogP contribution is 2.10. The van der Waals surface area contributed by atoms with Crippen molar-refractivity contribution in [3.05, 3.63) is 65.7 Å². The minimum Gasteiger partial charge on any atom is -0.380 e. The standard InChI is InChI=1S/C20H27N3O2/c1-23(19-7-4-3-5-8-19)14-6-13-21-20(24)22-15-17-9-11-18(12-10-17)16-25-2/h3-5,7-12H,6,13-16H2,1-2H3,(H2,21,22,24). The highest BCUT2D eigenvalue weighted by atomic mass is 16.5. The van der Waals surface area contributed by atoms with Crippen molar-refractivity contribution in [3.8, 4) is 0 Å². The van der Waals surface area contributed by atoms with Crippen molar-refractivity contribution in [2.45, 2.75) is 19.6 Å². The highest BCUT2D eigenvalue weighted by molar-refractivity contribution is 5.73. The van der Waals surface area contributed by atoms with Gasteiger partial charge in [0.2, 0.25) is 0 Å². The molecule has 5 heteroatoms. The smallest absolute Gasteiger partial charge is 0.315 e. The summed E-state index contributed by atoms with van der Waals surface area (Å²) >= 11 is 0. The van der Waals surface area contributed by atoms with Gasteiger partial charge in [-0.25, -0.2) is 4.79 Å². The SMILES string of the molecule is COCc1ccc(CNC(=O)NCCCN(C)c2ccccc2)cc1. The molecular formula is C20H27N3O2. The Kier molecular flexibility index (Phi) is 7.79.